The number of likely N-dealkylation sites (N-methyl/N-ethyl adjacent to an activating group) is 1. The van der Waals surface area contributed by atoms with Gasteiger partial charge in [0.2, 0.25) is 0 Å². The zero-order valence-corrected chi connectivity index (χ0v) is 12.9. The molecular formula is C14H18BrFN2O. The first-order valence-electron chi connectivity index (χ1n) is 6.36. The SMILES string of the molecule is C[C@H]1CN(C(=O)c2cc(F)cc(Br)c2)C[C@H](C)N1C. The summed E-state index contributed by atoms with van der Waals surface area (Å²) in [6.07, 6.45) is 0. The minimum Gasteiger partial charge on any atom is -0.336 e. The quantitative estimate of drug-likeness (QED) is 0.791. The van der Waals surface area contributed by atoms with Gasteiger partial charge in [-0.2, -0.15) is 0 Å². The van der Waals surface area contributed by atoms with Gasteiger partial charge in [0.1, 0.15) is 5.82 Å². The Morgan fingerprint density at radius 2 is 1.84 bits per heavy atom. The maximum Gasteiger partial charge on any atom is 0.254 e. The minimum absolute atomic E-state index is 0.105. The molecule has 0 aliphatic carbocycles. The van der Waals surface area contributed by atoms with E-state index >= 15 is 0 Å². The number of carbonyl (C=O) groups excluding carboxylic acids is 1. The zero-order valence-electron chi connectivity index (χ0n) is 11.4. The van der Waals surface area contributed by atoms with Gasteiger partial charge in [-0.05, 0) is 39.1 Å². The third-order valence-corrected chi connectivity index (χ3v) is 4.21. The molecule has 1 amide bonds. The Balaban J connectivity index is 2.20. The number of hydrogen-bond donors (Lipinski definition) is 0. The monoisotopic (exact) mass is 328 g/mol. The molecule has 1 aliphatic rings. The molecule has 1 aromatic rings. The Hall–Kier alpha value is -0.940. The molecule has 1 saturated heterocycles. The highest BCUT2D eigenvalue weighted by Gasteiger charge is 2.29. The number of piperazine rings is 1. The molecule has 1 heterocycles. The highest BCUT2D eigenvalue weighted by Crippen LogP contribution is 2.19. The third-order valence-electron chi connectivity index (χ3n) is 3.76. The Bertz CT molecular complexity index is 462. The van der Waals surface area contributed by atoms with Crippen molar-refractivity contribution in [3.05, 3.63) is 34.1 Å². The first-order valence-corrected chi connectivity index (χ1v) is 7.15. The van der Waals surface area contributed by atoms with Crippen molar-refractivity contribution < 1.29 is 9.18 Å². The average molecular weight is 329 g/mol. The van der Waals surface area contributed by atoms with Crippen molar-refractivity contribution in [1.29, 1.82) is 0 Å². The maximum absolute atomic E-state index is 13.4. The molecule has 19 heavy (non-hydrogen) atoms. The van der Waals surface area contributed by atoms with Gasteiger partial charge in [-0.1, -0.05) is 15.9 Å². The summed E-state index contributed by atoms with van der Waals surface area (Å²) in [4.78, 5) is 16.5. The molecule has 1 fully saturated rings. The van der Waals surface area contributed by atoms with Crippen LogP contribution in [0.4, 0.5) is 4.39 Å². The highest BCUT2D eigenvalue weighted by molar-refractivity contribution is 9.10. The number of carbonyl (C=O) groups is 1. The van der Waals surface area contributed by atoms with Crippen molar-refractivity contribution in [2.24, 2.45) is 0 Å². The summed E-state index contributed by atoms with van der Waals surface area (Å²) in [5.41, 5.74) is 0.399. The van der Waals surface area contributed by atoms with E-state index in [1.54, 1.807) is 11.0 Å². The van der Waals surface area contributed by atoms with Crippen LogP contribution >= 0.6 is 15.9 Å². The molecule has 1 aliphatic heterocycles. The van der Waals surface area contributed by atoms with E-state index in [0.29, 0.717) is 35.2 Å². The van der Waals surface area contributed by atoms with Crippen LogP contribution in [0.2, 0.25) is 0 Å². The molecule has 0 N–H and O–H groups in total. The molecule has 1 aromatic carbocycles. The summed E-state index contributed by atoms with van der Waals surface area (Å²) < 4.78 is 14.0. The lowest BCUT2D eigenvalue weighted by molar-refractivity contribution is 0.0414. The smallest absolute Gasteiger partial charge is 0.254 e. The van der Waals surface area contributed by atoms with Crippen LogP contribution in [-0.2, 0) is 0 Å². The number of rotatable bonds is 1. The summed E-state index contributed by atoms with van der Waals surface area (Å²) in [5.74, 6) is -0.500. The molecule has 0 bridgehead atoms. The van der Waals surface area contributed by atoms with Crippen LogP contribution in [0.25, 0.3) is 0 Å². The van der Waals surface area contributed by atoms with Crippen molar-refractivity contribution in [2.45, 2.75) is 25.9 Å². The largest absolute Gasteiger partial charge is 0.336 e. The van der Waals surface area contributed by atoms with Crippen molar-refractivity contribution in [1.82, 2.24) is 9.80 Å². The van der Waals surface area contributed by atoms with Crippen molar-refractivity contribution in [3.63, 3.8) is 0 Å². The van der Waals surface area contributed by atoms with Gasteiger partial charge in [0.05, 0.1) is 0 Å². The fraction of sp³-hybridized carbons (Fsp3) is 0.500. The topological polar surface area (TPSA) is 23.6 Å². The van der Waals surface area contributed by atoms with Gasteiger partial charge < -0.3 is 4.90 Å². The first-order chi connectivity index (χ1) is 8.88. The zero-order chi connectivity index (χ0) is 14.2. The maximum atomic E-state index is 13.4. The van der Waals surface area contributed by atoms with Crippen LogP contribution in [-0.4, -0.2) is 47.9 Å². The number of benzene rings is 1. The highest BCUT2D eigenvalue weighted by atomic mass is 79.9. The van der Waals surface area contributed by atoms with Gasteiger partial charge in [0.25, 0.3) is 5.91 Å². The van der Waals surface area contributed by atoms with E-state index in [4.69, 9.17) is 0 Å². The van der Waals surface area contributed by atoms with E-state index in [2.05, 4.69) is 41.7 Å². The number of hydrogen-bond acceptors (Lipinski definition) is 2. The average Bonchev–Trinajstić information content (AvgIpc) is 2.33. The van der Waals surface area contributed by atoms with Crippen LogP contribution < -0.4 is 0 Å². The Kier molecular flexibility index (Phi) is 4.26. The van der Waals surface area contributed by atoms with Gasteiger partial charge >= 0.3 is 0 Å². The lowest BCUT2D eigenvalue weighted by Gasteiger charge is -2.42. The van der Waals surface area contributed by atoms with E-state index < -0.39 is 5.82 Å². The van der Waals surface area contributed by atoms with Crippen LogP contribution in [0.3, 0.4) is 0 Å². The molecule has 2 rings (SSSR count). The Labute approximate surface area is 121 Å². The van der Waals surface area contributed by atoms with Crippen molar-refractivity contribution >= 4 is 21.8 Å². The van der Waals surface area contributed by atoms with Crippen LogP contribution in [0.5, 0.6) is 0 Å². The molecule has 0 radical (unpaired) electrons. The van der Waals surface area contributed by atoms with Crippen LogP contribution in [0, 0.1) is 5.82 Å². The second-order valence-electron chi connectivity index (χ2n) is 5.23. The fourth-order valence-corrected chi connectivity index (χ4v) is 2.90. The van der Waals surface area contributed by atoms with E-state index in [9.17, 15) is 9.18 Å². The Morgan fingerprint density at radius 3 is 2.37 bits per heavy atom. The second kappa shape index (κ2) is 5.59. The van der Waals surface area contributed by atoms with Crippen molar-refractivity contribution in [2.75, 3.05) is 20.1 Å². The molecule has 2 atom stereocenters. The summed E-state index contributed by atoms with van der Waals surface area (Å²) in [7, 11) is 2.07. The summed E-state index contributed by atoms with van der Waals surface area (Å²) >= 11 is 3.22. The normalized spacial score (nSPS) is 24.6. The molecule has 0 spiro atoms. The predicted molar refractivity (Wildman–Crippen MR) is 76.7 cm³/mol. The third kappa shape index (κ3) is 3.15. The van der Waals surface area contributed by atoms with Gasteiger partial charge in [-0.15, -0.1) is 0 Å². The van der Waals surface area contributed by atoms with Crippen molar-refractivity contribution in [3.8, 4) is 0 Å². The Morgan fingerprint density at radius 1 is 1.26 bits per heavy atom. The van der Waals surface area contributed by atoms with Gasteiger partial charge in [-0.3, -0.25) is 9.69 Å². The summed E-state index contributed by atoms with van der Waals surface area (Å²) in [5, 5.41) is 0. The standard InChI is InChI=1S/C14H18BrFN2O/c1-9-7-18(8-10(2)17(9)3)14(19)11-4-12(15)6-13(16)5-11/h4-6,9-10H,7-8H2,1-3H3/t9-,10-/m0/s1. The lowest BCUT2D eigenvalue weighted by atomic mass is 10.1. The summed E-state index contributed by atoms with van der Waals surface area (Å²) in [6, 6.07) is 4.93. The predicted octanol–water partition coefficient (Wildman–Crippen LogP) is 2.75. The van der Waals surface area contributed by atoms with E-state index in [1.165, 1.54) is 12.1 Å². The molecular weight excluding hydrogens is 311 g/mol. The van der Waals surface area contributed by atoms with E-state index in [-0.39, 0.29) is 5.91 Å². The van der Waals surface area contributed by atoms with Crippen LogP contribution in [0.15, 0.2) is 22.7 Å². The molecule has 0 aromatic heterocycles. The number of nitrogens with zero attached hydrogens (tertiary/aromatic N) is 2. The fourth-order valence-electron chi connectivity index (χ4n) is 2.43. The molecule has 3 nitrogen and oxygen atoms in total. The first kappa shape index (κ1) is 14.5. The lowest BCUT2D eigenvalue weighted by Crippen LogP contribution is -2.56. The number of halogens is 2. The molecule has 104 valence electrons. The van der Waals surface area contributed by atoms with Crippen LogP contribution in [0.1, 0.15) is 24.2 Å². The van der Waals surface area contributed by atoms with E-state index in [1.807, 2.05) is 0 Å². The second-order valence-corrected chi connectivity index (χ2v) is 6.15. The van der Waals surface area contributed by atoms with Gasteiger partial charge in [0.15, 0.2) is 0 Å². The molecule has 5 heteroatoms. The summed E-state index contributed by atoms with van der Waals surface area (Å²) in [6.45, 7) is 5.54. The van der Waals surface area contributed by atoms with Gasteiger partial charge in [0, 0.05) is 35.2 Å². The molecule has 0 unspecified atom stereocenters. The molecule has 0 saturated carbocycles. The van der Waals surface area contributed by atoms with E-state index in [0.717, 1.165) is 0 Å². The number of amides is 1. The van der Waals surface area contributed by atoms with Gasteiger partial charge in [-0.25, -0.2) is 4.39 Å². The minimum atomic E-state index is -0.395.